The smallest absolute Gasteiger partial charge is 0.243 e. The van der Waals surface area contributed by atoms with Gasteiger partial charge in [0, 0.05) is 31.1 Å². The zero-order valence-electron chi connectivity index (χ0n) is 18.0. The van der Waals surface area contributed by atoms with Crippen molar-refractivity contribution in [3.63, 3.8) is 0 Å². The maximum absolute atomic E-state index is 12.8. The fourth-order valence-electron chi connectivity index (χ4n) is 4.28. The third kappa shape index (κ3) is 5.38. The molecule has 0 saturated carbocycles. The molecule has 0 atom stereocenters. The first-order valence-electron chi connectivity index (χ1n) is 10.8. The van der Waals surface area contributed by atoms with E-state index in [-0.39, 0.29) is 17.4 Å². The van der Waals surface area contributed by atoms with E-state index < -0.39 is 10.0 Å². The monoisotopic (exact) mass is 421 g/mol. The van der Waals surface area contributed by atoms with Crippen molar-refractivity contribution in [2.45, 2.75) is 63.3 Å². The minimum Gasteiger partial charge on any atom is -0.354 e. The van der Waals surface area contributed by atoms with Gasteiger partial charge in [0.15, 0.2) is 0 Å². The van der Waals surface area contributed by atoms with Crippen LogP contribution in [0.5, 0.6) is 0 Å². The largest absolute Gasteiger partial charge is 0.354 e. The number of aryl methyl sites for hydroxylation is 1. The molecule has 3 rings (SSSR count). The van der Waals surface area contributed by atoms with Crippen LogP contribution in [0.1, 0.15) is 51.5 Å². The molecule has 1 aromatic carbocycles. The van der Waals surface area contributed by atoms with Gasteiger partial charge in [-0.05, 0) is 71.7 Å². The highest BCUT2D eigenvalue weighted by atomic mass is 32.2. The third-order valence-corrected chi connectivity index (χ3v) is 8.30. The summed E-state index contributed by atoms with van der Waals surface area (Å²) in [6.45, 7) is 9.93. The van der Waals surface area contributed by atoms with Crippen LogP contribution in [0.4, 0.5) is 0 Å². The second kappa shape index (κ2) is 9.14. The molecule has 0 spiro atoms. The number of nitrogens with one attached hydrogen (secondary N) is 1. The first-order chi connectivity index (χ1) is 13.7. The molecular weight excluding hydrogens is 386 g/mol. The van der Waals surface area contributed by atoms with Crippen molar-refractivity contribution in [3.05, 3.63) is 29.8 Å². The van der Waals surface area contributed by atoms with Gasteiger partial charge in [0.2, 0.25) is 15.9 Å². The van der Waals surface area contributed by atoms with Crippen molar-refractivity contribution in [2.24, 2.45) is 5.92 Å². The average molecular weight is 422 g/mol. The molecule has 2 heterocycles. The predicted molar refractivity (Wildman–Crippen MR) is 115 cm³/mol. The summed E-state index contributed by atoms with van der Waals surface area (Å²) in [5.74, 6) is -0.0564. The van der Waals surface area contributed by atoms with Gasteiger partial charge in [0.1, 0.15) is 0 Å². The van der Waals surface area contributed by atoms with Crippen molar-refractivity contribution in [3.8, 4) is 0 Å². The van der Waals surface area contributed by atoms with Gasteiger partial charge in [-0.25, -0.2) is 8.42 Å². The number of nitrogens with zero attached hydrogens (tertiary/aromatic N) is 2. The quantitative estimate of drug-likeness (QED) is 0.767. The Bertz CT molecular complexity index is 791. The Labute approximate surface area is 175 Å². The van der Waals surface area contributed by atoms with Crippen molar-refractivity contribution >= 4 is 15.9 Å². The number of hydrogen-bond donors (Lipinski definition) is 1. The summed E-state index contributed by atoms with van der Waals surface area (Å²) in [7, 11) is -3.48. The number of piperidine rings is 2. The van der Waals surface area contributed by atoms with E-state index >= 15 is 0 Å². The SMILES string of the molecule is Cc1ccc(S(=O)(=O)N2CCC(C(=O)NCC(C)(C)N3CCCCC3)CC2)cc1. The summed E-state index contributed by atoms with van der Waals surface area (Å²) in [6.07, 6.45) is 4.89. The molecule has 2 fully saturated rings. The Morgan fingerprint density at radius 2 is 1.62 bits per heavy atom. The minimum absolute atomic E-state index is 0.0500. The predicted octanol–water partition coefficient (Wildman–Crippen LogP) is 2.78. The Morgan fingerprint density at radius 1 is 1.03 bits per heavy atom. The van der Waals surface area contributed by atoms with E-state index in [1.165, 1.54) is 23.6 Å². The van der Waals surface area contributed by atoms with Crippen LogP contribution in [-0.2, 0) is 14.8 Å². The Morgan fingerprint density at radius 3 is 2.21 bits per heavy atom. The Hall–Kier alpha value is -1.44. The molecule has 0 bridgehead atoms. The van der Waals surface area contributed by atoms with Crippen molar-refractivity contribution in [2.75, 3.05) is 32.7 Å². The normalized spacial score (nSPS) is 20.5. The van der Waals surface area contributed by atoms with E-state index in [1.54, 1.807) is 12.1 Å². The second-order valence-electron chi connectivity index (χ2n) is 9.07. The molecule has 0 radical (unpaired) electrons. The summed E-state index contributed by atoms with van der Waals surface area (Å²) >= 11 is 0. The lowest BCUT2D eigenvalue weighted by Crippen LogP contribution is -2.54. The Balaban J connectivity index is 1.51. The van der Waals surface area contributed by atoms with Gasteiger partial charge in [0.25, 0.3) is 0 Å². The van der Waals surface area contributed by atoms with Crippen molar-refractivity contribution in [1.82, 2.24) is 14.5 Å². The molecule has 29 heavy (non-hydrogen) atoms. The lowest BCUT2D eigenvalue weighted by Gasteiger charge is -2.41. The van der Waals surface area contributed by atoms with Crippen LogP contribution >= 0.6 is 0 Å². The van der Waals surface area contributed by atoms with Crippen LogP contribution < -0.4 is 5.32 Å². The maximum Gasteiger partial charge on any atom is 0.243 e. The zero-order chi connectivity index (χ0) is 21.1. The zero-order valence-corrected chi connectivity index (χ0v) is 18.8. The van der Waals surface area contributed by atoms with Gasteiger partial charge < -0.3 is 5.32 Å². The molecule has 2 saturated heterocycles. The molecule has 7 heteroatoms. The number of amides is 1. The number of carbonyl (C=O) groups excluding carboxylic acids is 1. The van der Waals surface area contributed by atoms with Crippen LogP contribution in [-0.4, -0.2) is 61.8 Å². The number of benzene rings is 1. The minimum atomic E-state index is -3.48. The molecule has 0 unspecified atom stereocenters. The molecule has 6 nitrogen and oxygen atoms in total. The van der Waals surface area contributed by atoms with E-state index in [9.17, 15) is 13.2 Å². The van der Waals surface area contributed by atoms with Gasteiger partial charge in [-0.3, -0.25) is 9.69 Å². The fraction of sp³-hybridized carbons (Fsp3) is 0.682. The van der Waals surface area contributed by atoms with Gasteiger partial charge >= 0.3 is 0 Å². The number of likely N-dealkylation sites (tertiary alicyclic amines) is 1. The molecule has 1 N–H and O–H groups in total. The summed E-state index contributed by atoms with van der Waals surface area (Å²) < 4.78 is 27.2. The molecule has 1 amide bonds. The number of sulfonamides is 1. The van der Waals surface area contributed by atoms with E-state index in [0.29, 0.717) is 37.4 Å². The average Bonchev–Trinajstić information content (AvgIpc) is 2.73. The molecule has 0 aliphatic carbocycles. The van der Waals surface area contributed by atoms with E-state index in [4.69, 9.17) is 0 Å². The van der Waals surface area contributed by atoms with Crippen molar-refractivity contribution < 1.29 is 13.2 Å². The van der Waals surface area contributed by atoms with E-state index in [2.05, 4.69) is 24.1 Å². The standard InChI is InChI=1S/C22H35N3O3S/c1-18-7-9-20(10-8-18)29(27,28)25-15-11-19(12-16-25)21(26)23-17-22(2,3)24-13-5-4-6-14-24/h7-10,19H,4-6,11-17H2,1-3H3,(H,23,26). The lowest BCUT2D eigenvalue weighted by atomic mass is 9.95. The van der Waals surface area contributed by atoms with Gasteiger partial charge in [-0.15, -0.1) is 0 Å². The highest BCUT2D eigenvalue weighted by Crippen LogP contribution is 2.25. The van der Waals surface area contributed by atoms with Crippen LogP contribution in [0.15, 0.2) is 29.2 Å². The fourth-order valence-corrected chi connectivity index (χ4v) is 5.75. The van der Waals surface area contributed by atoms with Crippen LogP contribution in [0.3, 0.4) is 0 Å². The van der Waals surface area contributed by atoms with E-state index in [0.717, 1.165) is 18.7 Å². The maximum atomic E-state index is 12.8. The molecule has 162 valence electrons. The molecule has 0 aromatic heterocycles. The molecule has 2 aliphatic heterocycles. The van der Waals surface area contributed by atoms with Crippen LogP contribution in [0.25, 0.3) is 0 Å². The third-order valence-electron chi connectivity index (χ3n) is 6.39. The summed E-state index contributed by atoms with van der Waals surface area (Å²) in [5, 5.41) is 3.13. The first-order valence-corrected chi connectivity index (χ1v) is 12.2. The second-order valence-corrected chi connectivity index (χ2v) is 11.0. The number of hydrogen-bond acceptors (Lipinski definition) is 4. The summed E-state index contributed by atoms with van der Waals surface area (Å²) in [5.41, 5.74) is 0.984. The first kappa shape index (κ1) is 22.2. The summed E-state index contributed by atoms with van der Waals surface area (Å²) in [4.78, 5) is 15.5. The van der Waals surface area contributed by atoms with Crippen LogP contribution in [0.2, 0.25) is 0 Å². The number of rotatable bonds is 6. The van der Waals surface area contributed by atoms with Crippen molar-refractivity contribution in [1.29, 1.82) is 0 Å². The molecular formula is C22H35N3O3S. The molecule has 2 aliphatic rings. The van der Waals surface area contributed by atoms with E-state index in [1.807, 2.05) is 19.1 Å². The molecule has 1 aromatic rings. The van der Waals surface area contributed by atoms with Gasteiger partial charge in [-0.2, -0.15) is 4.31 Å². The number of carbonyl (C=O) groups is 1. The highest BCUT2D eigenvalue weighted by Gasteiger charge is 2.33. The van der Waals surface area contributed by atoms with Crippen LogP contribution in [0, 0.1) is 12.8 Å². The topological polar surface area (TPSA) is 69.7 Å². The highest BCUT2D eigenvalue weighted by molar-refractivity contribution is 7.89. The summed E-state index contributed by atoms with van der Waals surface area (Å²) in [6, 6.07) is 6.95. The lowest BCUT2D eigenvalue weighted by molar-refractivity contribution is -0.126. The van der Waals surface area contributed by atoms with Gasteiger partial charge in [-0.1, -0.05) is 24.1 Å². The van der Waals surface area contributed by atoms with Gasteiger partial charge in [0.05, 0.1) is 4.90 Å². The Kier molecular flexibility index (Phi) is 7.02.